The lowest BCUT2D eigenvalue weighted by Crippen LogP contribution is -2.60. The zero-order chi connectivity index (χ0) is 39.4. The second-order valence-corrected chi connectivity index (χ2v) is 17.1. The number of nitrogens with one attached hydrogen (secondary N) is 2. The zero-order valence-electron chi connectivity index (χ0n) is 29.4. The minimum Gasteiger partial charge on any atom is -0.480 e. The molecule has 0 spiro atoms. The Kier molecular flexibility index (Phi) is 19.0. The molecule has 6 atom stereocenters. The smallest absolute Gasteiger partial charge is 0.327 e. The third-order valence-electron chi connectivity index (χ3n) is 8.00. The number of fused-ring (bicyclic) bond motifs is 2. The maximum absolute atomic E-state index is 11.2. The van der Waals surface area contributed by atoms with E-state index in [1.54, 1.807) is 51.2 Å². The molecule has 4 saturated heterocycles. The summed E-state index contributed by atoms with van der Waals surface area (Å²) in [7, 11) is 0. The first kappa shape index (κ1) is 46.2. The molecule has 4 aliphatic heterocycles. The third kappa shape index (κ3) is 13.6. The van der Waals surface area contributed by atoms with Gasteiger partial charge in [0.1, 0.15) is 24.2 Å². The van der Waals surface area contributed by atoms with E-state index in [4.69, 9.17) is 20.4 Å². The molecule has 4 rings (SSSR count). The van der Waals surface area contributed by atoms with Crippen LogP contribution in [0.3, 0.4) is 0 Å². The van der Waals surface area contributed by atoms with Gasteiger partial charge in [0.2, 0.25) is 23.6 Å². The van der Waals surface area contributed by atoms with Gasteiger partial charge in [-0.15, -0.1) is 23.5 Å². The molecule has 4 heterocycles. The van der Waals surface area contributed by atoms with E-state index in [1.165, 1.54) is 9.80 Å². The van der Waals surface area contributed by atoms with Crippen LogP contribution in [-0.4, -0.2) is 135 Å². The summed E-state index contributed by atoms with van der Waals surface area (Å²) in [5, 5.41) is 40.3. The van der Waals surface area contributed by atoms with Crippen molar-refractivity contribution in [3.63, 3.8) is 0 Å². The summed E-state index contributed by atoms with van der Waals surface area (Å²) in [5.41, 5.74) is 0. The molecule has 4 aliphatic rings. The summed E-state index contributed by atoms with van der Waals surface area (Å²) < 4.78 is -0.358. The van der Waals surface area contributed by atoms with Crippen molar-refractivity contribution in [2.24, 2.45) is 11.8 Å². The minimum atomic E-state index is -0.998. The molecular formula is C31H50N4O12S4. The van der Waals surface area contributed by atoms with E-state index in [9.17, 15) is 38.4 Å². The van der Waals surface area contributed by atoms with E-state index in [0.29, 0.717) is 30.8 Å². The number of carboxylic acid groups (broad SMARTS) is 4. The van der Waals surface area contributed by atoms with Gasteiger partial charge >= 0.3 is 23.9 Å². The number of hydrogen-bond donors (Lipinski definition) is 8. The molecule has 0 aromatic rings. The second kappa shape index (κ2) is 21.0. The number of β-lactam (4-membered cyclic amide) rings is 2. The van der Waals surface area contributed by atoms with Gasteiger partial charge in [0.15, 0.2) is 0 Å². The Bertz CT molecular complexity index is 1250. The van der Waals surface area contributed by atoms with Crippen LogP contribution in [0.25, 0.3) is 0 Å². The van der Waals surface area contributed by atoms with Gasteiger partial charge in [0.05, 0.1) is 23.6 Å². The van der Waals surface area contributed by atoms with Crippen LogP contribution in [0.5, 0.6) is 0 Å². The number of hydrogen-bond acceptors (Lipinski definition) is 12. The maximum atomic E-state index is 11.2. The van der Waals surface area contributed by atoms with Crippen LogP contribution in [0.1, 0.15) is 73.6 Å². The molecule has 51 heavy (non-hydrogen) atoms. The third-order valence-corrected chi connectivity index (χ3v) is 11.2. The topological polar surface area (TPSA) is 248 Å². The van der Waals surface area contributed by atoms with Crippen molar-refractivity contribution >= 4 is 96.3 Å². The molecule has 0 unspecified atom stereocenters. The number of carbonyl (C=O) groups is 8. The Morgan fingerprint density at radius 1 is 0.765 bits per heavy atom. The number of rotatable bonds is 12. The highest BCUT2D eigenvalue weighted by Crippen LogP contribution is 2.50. The predicted octanol–water partition coefficient (Wildman–Crippen LogP) is 1.72. The van der Waals surface area contributed by atoms with Crippen molar-refractivity contribution in [3.05, 3.63) is 0 Å². The van der Waals surface area contributed by atoms with E-state index in [1.807, 2.05) is 13.8 Å². The molecule has 0 radical (unpaired) electrons. The zero-order valence-corrected chi connectivity index (χ0v) is 32.9. The number of nitrogens with zero attached hydrogens (tertiary/aromatic N) is 2. The van der Waals surface area contributed by atoms with E-state index in [0.717, 1.165) is 5.75 Å². The fourth-order valence-corrected chi connectivity index (χ4v) is 8.66. The number of aliphatic carboxylic acids is 4. The van der Waals surface area contributed by atoms with Gasteiger partial charge in [-0.2, -0.15) is 25.3 Å². The molecule has 0 aromatic carbocycles. The van der Waals surface area contributed by atoms with Crippen LogP contribution in [0, 0.1) is 11.8 Å². The maximum Gasteiger partial charge on any atom is 0.327 e. The summed E-state index contributed by atoms with van der Waals surface area (Å²) in [6.07, 6.45) is 2.10. The summed E-state index contributed by atoms with van der Waals surface area (Å²) in [5.74, 6) is -2.85. The lowest BCUT2D eigenvalue weighted by atomic mass is 9.98. The molecule has 6 N–H and O–H groups in total. The standard InChI is InChI=1S/C8H11NO3S.2C8H15NO3S.C7H9NO3S/c1-8(2)6(7(11)12)9-4(10)3-5(9)13-8;2*1-5(2)7(8(11)12)9-6(10)3-4-13;9-5-3-6-8(5)4(7(10)11)1-2-12-6/h5-6H,3H2,1-2H3,(H,11,12);2*5,7,13H,3-4H2,1-2H3,(H,9,10)(H,11,12);4,6H,1-3H2,(H,10,11)/t5-,6+;2*7-;4-,6-/m1111/s1. The largest absolute Gasteiger partial charge is 0.480 e. The van der Waals surface area contributed by atoms with Gasteiger partial charge in [-0.1, -0.05) is 27.7 Å². The first-order chi connectivity index (χ1) is 23.6. The van der Waals surface area contributed by atoms with Crippen LogP contribution < -0.4 is 10.6 Å². The highest BCUT2D eigenvalue weighted by atomic mass is 32.2. The molecule has 0 bridgehead atoms. The minimum absolute atomic E-state index is 0.0143. The van der Waals surface area contributed by atoms with Crippen LogP contribution in [0.2, 0.25) is 0 Å². The Balaban J connectivity index is 0.000000340. The number of carboxylic acids is 4. The average molecular weight is 799 g/mol. The number of thiol groups is 2. The first-order valence-corrected chi connectivity index (χ1v) is 19.4. The molecule has 290 valence electrons. The van der Waals surface area contributed by atoms with Gasteiger partial charge in [0.25, 0.3) is 0 Å². The summed E-state index contributed by atoms with van der Waals surface area (Å²) >= 11 is 11.0. The predicted molar refractivity (Wildman–Crippen MR) is 198 cm³/mol. The molecule has 0 aromatic heterocycles. The lowest BCUT2D eigenvalue weighted by Gasteiger charge is -2.46. The summed E-state index contributed by atoms with van der Waals surface area (Å²) in [4.78, 5) is 90.2. The van der Waals surface area contributed by atoms with Crippen molar-refractivity contribution in [2.75, 3.05) is 17.3 Å². The van der Waals surface area contributed by atoms with Gasteiger partial charge < -0.3 is 40.9 Å². The fourth-order valence-electron chi connectivity index (χ4n) is 5.31. The quantitative estimate of drug-likeness (QED) is 0.104. The summed E-state index contributed by atoms with van der Waals surface area (Å²) in [6.45, 7) is 10.8. The lowest BCUT2D eigenvalue weighted by molar-refractivity contribution is -0.158. The fraction of sp³-hybridized carbons (Fsp3) is 0.742. The van der Waals surface area contributed by atoms with Crippen molar-refractivity contribution in [2.45, 2.75) is 113 Å². The van der Waals surface area contributed by atoms with Gasteiger partial charge in [-0.3, -0.25) is 19.2 Å². The number of thioether (sulfide) groups is 2. The van der Waals surface area contributed by atoms with E-state index >= 15 is 0 Å². The highest BCUT2D eigenvalue weighted by molar-refractivity contribution is 8.01. The van der Waals surface area contributed by atoms with Gasteiger partial charge in [-0.25, -0.2) is 19.2 Å². The molecular weight excluding hydrogens is 749 g/mol. The van der Waals surface area contributed by atoms with E-state index < -0.39 is 48.0 Å². The SMILES string of the molecule is CC(C)[C@@H](NC(=O)CCS)C(=O)O.CC(C)[C@@H](NC(=O)CCS)C(=O)O.CC1(C)S[C@@H]2CC(=O)N2[C@H]1C(=O)O.O=C(O)[C@H]1CCS[C@@H]2CC(=O)N12. The second-order valence-electron chi connectivity index (χ2n) is 13.1. The molecule has 20 heteroatoms. The van der Waals surface area contributed by atoms with Crippen molar-refractivity contribution in [1.82, 2.24) is 20.4 Å². The van der Waals surface area contributed by atoms with Gasteiger partial charge in [0, 0.05) is 17.6 Å². The van der Waals surface area contributed by atoms with Crippen LogP contribution >= 0.6 is 48.8 Å². The number of amides is 4. The van der Waals surface area contributed by atoms with Crippen LogP contribution in [0.15, 0.2) is 0 Å². The highest BCUT2D eigenvalue weighted by Gasteiger charge is 2.58. The Hall–Kier alpha value is -2.84. The van der Waals surface area contributed by atoms with Crippen LogP contribution in [0.4, 0.5) is 0 Å². The molecule has 4 fully saturated rings. The molecule has 4 amide bonds. The number of carbonyl (C=O) groups excluding carboxylic acids is 4. The van der Waals surface area contributed by atoms with E-state index in [2.05, 4.69) is 35.9 Å². The Labute approximate surface area is 316 Å². The average Bonchev–Trinajstić information content (AvgIpc) is 3.23. The Morgan fingerprint density at radius 3 is 1.49 bits per heavy atom. The van der Waals surface area contributed by atoms with Crippen molar-refractivity contribution < 1.29 is 58.8 Å². The summed E-state index contributed by atoms with van der Waals surface area (Å²) in [6, 6.07) is -2.80. The van der Waals surface area contributed by atoms with Crippen molar-refractivity contribution in [3.8, 4) is 0 Å². The molecule has 0 aliphatic carbocycles. The first-order valence-electron chi connectivity index (χ1n) is 16.2. The molecule has 16 nitrogen and oxygen atoms in total. The van der Waals surface area contributed by atoms with Gasteiger partial charge in [-0.05, 0) is 49.4 Å². The van der Waals surface area contributed by atoms with E-state index in [-0.39, 0.29) is 63.8 Å². The molecule has 0 saturated carbocycles. The normalized spacial score (nSPS) is 23.5. The van der Waals surface area contributed by atoms with Crippen LogP contribution in [-0.2, 0) is 38.4 Å². The monoisotopic (exact) mass is 798 g/mol. The Morgan fingerprint density at radius 2 is 1.20 bits per heavy atom. The van der Waals surface area contributed by atoms with Crippen molar-refractivity contribution in [1.29, 1.82) is 0 Å².